The Morgan fingerprint density at radius 1 is 1.38 bits per heavy atom. The predicted octanol–water partition coefficient (Wildman–Crippen LogP) is 2.60. The van der Waals surface area contributed by atoms with E-state index in [9.17, 15) is 0 Å². The van der Waals surface area contributed by atoms with E-state index in [1.165, 1.54) is 18.4 Å². The summed E-state index contributed by atoms with van der Waals surface area (Å²) in [5.74, 6) is 1.51. The zero-order chi connectivity index (χ0) is 11.0. The molecule has 1 aliphatic rings. The van der Waals surface area contributed by atoms with E-state index in [1.807, 2.05) is 6.07 Å². The summed E-state index contributed by atoms with van der Waals surface area (Å²) < 4.78 is 5.72. The molecular formula is C13H16N2O. The molecule has 1 saturated carbocycles. The zero-order valence-corrected chi connectivity index (χ0v) is 9.28. The molecule has 3 rings (SSSR count). The molecule has 0 atom stereocenters. The summed E-state index contributed by atoms with van der Waals surface area (Å²) in [7, 11) is 0. The molecule has 1 aromatic carbocycles. The first-order valence-electron chi connectivity index (χ1n) is 5.96. The van der Waals surface area contributed by atoms with Crippen LogP contribution in [-0.4, -0.2) is 11.5 Å². The van der Waals surface area contributed by atoms with Crippen LogP contribution in [0.2, 0.25) is 0 Å². The van der Waals surface area contributed by atoms with Gasteiger partial charge in [-0.25, -0.2) is 4.98 Å². The lowest BCUT2D eigenvalue weighted by Crippen LogP contribution is -2.00. The van der Waals surface area contributed by atoms with Crippen LogP contribution in [0.3, 0.4) is 0 Å². The number of aryl methyl sites for hydroxylation is 1. The number of nitrogens with zero attached hydrogens (tertiary/aromatic N) is 1. The summed E-state index contributed by atoms with van der Waals surface area (Å²) in [5, 5.41) is 0. The Hall–Kier alpha value is -1.35. The van der Waals surface area contributed by atoms with Gasteiger partial charge in [0.15, 0.2) is 11.5 Å². The van der Waals surface area contributed by atoms with Crippen LogP contribution in [0.15, 0.2) is 22.6 Å². The Morgan fingerprint density at radius 2 is 2.25 bits per heavy atom. The van der Waals surface area contributed by atoms with Gasteiger partial charge in [-0.2, -0.15) is 0 Å². The maximum Gasteiger partial charge on any atom is 0.198 e. The molecule has 1 aliphatic carbocycles. The summed E-state index contributed by atoms with van der Waals surface area (Å²) in [6.07, 6.45) is 4.51. The van der Waals surface area contributed by atoms with E-state index in [1.54, 1.807) is 0 Å². The van der Waals surface area contributed by atoms with Gasteiger partial charge < -0.3 is 10.2 Å². The fourth-order valence-electron chi connectivity index (χ4n) is 1.96. The lowest BCUT2D eigenvalue weighted by Gasteiger charge is -1.97. The minimum absolute atomic E-state index is 0.583. The first-order valence-corrected chi connectivity index (χ1v) is 5.96. The highest BCUT2D eigenvalue weighted by Gasteiger charge is 2.28. The van der Waals surface area contributed by atoms with Crippen LogP contribution in [0.25, 0.3) is 11.1 Å². The molecule has 0 aliphatic heterocycles. The predicted molar refractivity (Wildman–Crippen MR) is 63.4 cm³/mol. The van der Waals surface area contributed by atoms with Crippen molar-refractivity contribution in [2.75, 3.05) is 6.54 Å². The molecule has 2 aromatic rings. The van der Waals surface area contributed by atoms with Crippen molar-refractivity contribution in [2.45, 2.75) is 31.6 Å². The molecule has 84 valence electrons. The van der Waals surface area contributed by atoms with Crippen LogP contribution in [0, 0.1) is 0 Å². The third-order valence-electron chi connectivity index (χ3n) is 3.06. The Bertz CT molecular complexity index is 500. The first-order chi connectivity index (χ1) is 7.86. The van der Waals surface area contributed by atoms with Crippen LogP contribution >= 0.6 is 0 Å². The van der Waals surface area contributed by atoms with Gasteiger partial charge in [-0.15, -0.1) is 0 Å². The Labute approximate surface area is 94.7 Å². The number of hydrogen-bond acceptors (Lipinski definition) is 3. The monoisotopic (exact) mass is 216 g/mol. The number of benzene rings is 1. The second-order valence-electron chi connectivity index (χ2n) is 4.52. The van der Waals surface area contributed by atoms with Gasteiger partial charge in [0.1, 0.15) is 5.52 Å². The highest BCUT2D eigenvalue weighted by Crippen LogP contribution is 2.40. The molecule has 2 N–H and O–H groups in total. The third-order valence-corrected chi connectivity index (χ3v) is 3.06. The van der Waals surface area contributed by atoms with Crippen molar-refractivity contribution in [3.63, 3.8) is 0 Å². The molecule has 16 heavy (non-hydrogen) atoms. The Balaban J connectivity index is 1.90. The average Bonchev–Trinajstić information content (AvgIpc) is 3.06. The van der Waals surface area contributed by atoms with Crippen molar-refractivity contribution < 1.29 is 4.42 Å². The summed E-state index contributed by atoms with van der Waals surface area (Å²) >= 11 is 0. The summed E-state index contributed by atoms with van der Waals surface area (Å²) in [6.45, 7) is 0.740. The van der Waals surface area contributed by atoms with Gasteiger partial charge in [-0.05, 0) is 49.9 Å². The average molecular weight is 216 g/mol. The summed E-state index contributed by atoms with van der Waals surface area (Å²) in [6, 6.07) is 6.26. The summed E-state index contributed by atoms with van der Waals surface area (Å²) in [5.41, 5.74) is 8.72. The van der Waals surface area contributed by atoms with E-state index in [4.69, 9.17) is 10.2 Å². The fourth-order valence-corrected chi connectivity index (χ4v) is 1.96. The maximum atomic E-state index is 5.72. The van der Waals surface area contributed by atoms with Crippen molar-refractivity contribution >= 4 is 11.1 Å². The van der Waals surface area contributed by atoms with Crippen molar-refractivity contribution in [3.05, 3.63) is 29.7 Å². The van der Waals surface area contributed by atoms with Crippen LogP contribution in [0.1, 0.15) is 36.6 Å². The molecule has 1 heterocycles. The number of rotatable bonds is 4. The highest BCUT2D eigenvalue weighted by atomic mass is 16.3. The van der Waals surface area contributed by atoms with E-state index in [0.29, 0.717) is 5.92 Å². The number of oxazole rings is 1. The first kappa shape index (κ1) is 9.85. The smallest absolute Gasteiger partial charge is 0.198 e. The van der Waals surface area contributed by atoms with Gasteiger partial charge in [0.25, 0.3) is 0 Å². The number of fused-ring (bicyclic) bond motifs is 1. The number of hydrogen-bond donors (Lipinski definition) is 1. The molecule has 0 unspecified atom stereocenters. The Kier molecular flexibility index (Phi) is 2.40. The molecule has 0 spiro atoms. The highest BCUT2D eigenvalue weighted by molar-refractivity contribution is 5.73. The fraction of sp³-hybridized carbons (Fsp3) is 0.462. The molecule has 3 heteroatoms. The zero-order valence-electron chi connectivity index (χ0n) is 9.28. The van der Waals surface area contributed by atoms with Crippen molar-refractivity contribution in [2.24, 2.45) is 5.73 Å². The minimum atomic E-state index is 0.583. The van der Waals surface area contributed by atoms with Gasteiger partial charge in [0, 0.05) is 5.92 Å². The largest absolute Gasteiger partial charge is 0.440 e. The Morgan fingerprint density at radius 3 is 3.00 bits per heavy atom. The minimum Gasteiger partial charge on any atom is -0.440 e. The molecule has 0 radical (unpaired) electrons. The maximum absolute atomic E-state index is 5.72. The second-order valence-corrected chi connectivity index (χ2v) is 4.52. The van der Waals surface area contributed by atoms with E-state index in [0.717, 1.165) is 36.4 Å². The lowest BCUT2D eigenvalue weighted by atomic mass is 10.1. The van der Waals surface area contributed by atoms with Crippen LogP contribution in [-0.2, 0) is 6.42 Å². The van der Waals surface area contributed by atoms with Crippen molar-refractivity contribution in [3.8, 4) is 0 Å². The molecule has 1 aromatic heterocycles. The lowest BCUT2D eigenvalue weighted by molar-refractivity contribution is 0.533. The normalized spacial score (nSPS) is 15.8. The molecule has 0 saturated heterocycles. The van der Waals surface area contributed by atoms with Gasteiger partial charge in [-0.1, -0.05) is 6.07 Å². The van der Waals surface area contributed by atoms with Crippen LogP contribution in [0.5, 0.6) is 0 Å². The van der Waals surface area contributed by atoms with Gasteiger partial charge in [-0.3, -0.25) is 0 Å². The topological polar surface area (TPSA) is 52.0 Å². The summed E-state index contributed by atoms with van der Waals surface area (Å²) in [4.78, 5) is 4.55. The van der Waals surface area contributed by atoms with E-state index in [2.05, 4.69) is 17.1 Å². The van der Waals surface area contributed by atoms with E-state index >= 15 is 0 Å². The van der Waals surface area contributed by atoms with Crippen LogP contribution in [0.4, 0.5) is 0 Å². The third kappa shape index (κ3) is 1.83. The number of nitrogens with two attached hydrogens (primary N) is 1. The van der Waals surface area contributed by atoms with Gasteiger partial charge in [0.2, 0.25) is 0 Å². The van der Waals surface area contributed by atoms with Gasteiger partial charge >= 0.3 is 0 Å². The van der Waals surface area contributed by atoms with E-state index in [-0.39, 0.29) is 0 Å². The van der Waals surface area contributed by atoms with E-state index < -0.39 is 0 Å². The molecule has 0 bridgehead atoms. The molecule has 3 nitrogen and oxygen atoms in total. The molecule has 0 amide bonds. The standard InChI is InChI=1S/C13H16N2O/c14-7-1-2-9-3-6-12-11(8-9)15-13(16-12)10-4-5-10/h3,6,8,10H,1-2,4-5,7,14H2. The second kappa shape index (κ2) is 3.91. The quantitative estimate of drug-likeness (QED) is 0.854. The van der Waals surface area contributed by atoms with Crippen LogP contribution < -0.4 is 5.73 Å². The van der Waals surface area contributed by atoms with Gasteiger partial charge in [0.05, 0.1) is 0 Å². The number of aromatic nitrogens is 1. The molecule has 1 fully saturated rings. The van der Waals surface area contributed by atoms with Crippen molar-refractivity contribution in [1.82, 2.24) is 4.98 Å². The molecular weight excluding hydrogens is 200 g/mol. The SMILES string of the molecule is NCCCc1ccc2oc(C3CC3)nc2c1. The van der Waals surface area contributed by atoms with Crippen molar-refractivity contribution in [1.29, 1.82) is 0 Å².